The summed E-state index contributed by atoms with van der Waals surface area (Å²) in [7, 11) is -2.19. The molecule has 0 aliphatic carbocycles. The van der Waals surface area contributed by atoms with Crippen LogP contribution in [0.1, 0.15) is 5.56 Å². The van der Waals surface area contributed by atoms with E-state index in [1.807, 2.05) is 24.3 Å². The van der Waals surface area contributed by atoms with Gasteiger partial charge < -0.3 is 9.64 Å². The number of hydrogen-bond donors (Lipinski definition) is 0. The molecule has 1 aliphatic heterocycles. The smallest absolute Gasteiger partial charge is 0.243 e. The third kappa shape index (κ3) is 4.63. The molecule has 1 heterocycles. The van der Waals surface area contributed by atoms with E-state index >= 15 is 0 Å². The maximum Gasteiger partial charge on any atom is 0.243 e. The standard InChI is InChI=1S/C19H22F2N2O3S/c1-26-16-4-2-15(3-5-16)8-9-22-10-12-23(13-11-22)27(24,25)17-6-7-18(20)19(21)14-17/h2-7,14H,8-13H2,1H3. The maximum absolute atomic E-state index is 13.4. The molecule has 0 amide bonds. The monoisotopic (exact) mass is 396 g/mol. The van der Waals surface area contributed by atoms with E-state index in [4.69, 9.17) is 4.74 Å². The van der Waals surface area contributed by atoms with Crippen LogP contribution in [0.25, 0.3) is 0 Å². The van der Waals surface area contributed by atoms with Crippen LogP contribution in [0.4, 0.5) is 8.78 Å². The molecule has 0 aromatic heterocycles. The Morgan fingerprint density at radius 3 is 2.22 bits per heavy atom. The van der Waals surface area contributed by atoms with Crippen molar-refractivity contribution in [2.75, 3.05) is 39.8 Å². The van der Waals surface area contributed by atoms with E-state index in [1.54, 1.807) is 7.11 Å². The summed E-state index contributed by atoms with van der Waals surface area (Å²) in [5, 5.41) is 0. The summed E-state index contributed by atoms with van der Waals surface area (Å²) < 4.78 is 58.1. The molecule has 0 atom stereocenters. The van der Waals surface area contributed by atoms with E-state index in [0.29, 0.717) is 26.2 Å². The van der Waals surface area contributed by atoms with Crippen molar-refractivity contribution in [3.8, 4) is 5.75 Å². The van der Waals surface area contributed by atoms with Crippen LogP contribution in [-0.4, -0.2) is 57.5 Å². The lowest BCUT2D eigenvalue weighted by Gasteiger charge is -2.34. The number of ether oxygens (including phenoxy) is 1. The quantitative estimate of drug-likeness (QED) is 0.753. The van der Waals surface area contributed by atoms with Gasteiger partial charge in [-0.15, -0.1) is 0 Å². The highest BCUT2D eigenvalue weighted by Crippen LogP contribution is 2.20. The lowest BCUT2D eigenvalue weighted by atomic mass is 10.1. The summed E-state index contributed by atoms with van der Waals surface area (Å²) >= 11 is 0. The summed E-state index contributed by atoms with van der Waals surface area (Å²) in [6.45, 7) is 2.66. The zero-order valence-corrected chi connectivity index (χ0v) is 15.9. The Bertz CT molecular complexity index is 880. The van der Waals surface area contributed by atoms with Crippen molar-refractivity contribution in [1.29, 1.82) is 0 Å². The molecule has 5 nitrogen and oxygen atoms in total. The summed E-state index contributed by atoms with van der Waals surface area (Å²) in [5.74, 6) is -1.40. The Morgan fingerprint density at radius 2 is 1.63 bits per heavy atom. The highest BCUT2D eigenvalue weighted by molar-refractivity contribution is 7.89. The van der Waals surface area contributed by atoms with Crippen molar-refractivity contribution in [1.82, 2.24) is 9.21 Å². The largest absolute Gasteiger partial charge is 0.497 e. The van der Waals surface area contributed by atoms with Gasteiger partial charge in [-0.05, 0) is 42.3 Å². The molecule has 1 saturated heterocycles. The van der Waals surface area contributed by atoms with Crippen molar-refractivity contribution in [3.05, 3.63) is 59.7 Å². The van der Waals surface area contributed by atoms with Gasteiger partial charge in [-0.25, -0.2) is 17.2 Å². The minimum Gasteiger partial charge on any atom is -0.497 e. The van der Waals surface area contributed by atoms with Crippen molar-refractivity contribution in [3.63, 3.8) is 0 Å². The molecule has 1 fully saturated rings. The second kappa shape index (κ2) is 8.33. The molecule has 2 aromatic rings. The van der Waals surface area contributed by atoms with Gasteiger partial charge >= 0.3 is 0 Å². The number of sulfonamides is 1. The Kier molecular flexibility index (Phi) is 6.08. The number of rotatable bonds is 6. The predicted molar refractivity (Wildman–Crippen MR) is 98.3 cm³/mol. The fourth-order valence-corrected chi connectivity index (χ4v) is 4.49. The van der Waals surface area contributed by atoms with Gasteiger partial charge in [0, 0.05) is 32.7 Å². The van der Waals surface area contributed by atoms with E-state index in [1.165, 1.54) is 9.87 Å². The Labute approximate surface area is 158 Å². The summed E-state index contributed by atoms with van der Waals surface area (Å²) in [6, 6.07) is 10.5. The average molecular weight is 396 g/mol. The van der Waals surface area contributed by atoms with Crippen molar-refractivity contribution in [2.24, 2.45) is 0 Å². The minimum atomic E-state index is -3.81. The van der Waals surface area contributed by atoms with Gasteiger partial charge in [0.1, 0.15) is 5.75 Å². The number of piperazine rings is 1. The lowest BCUT2D eigenvalue weighted by Crippen LogP contribution is -2.49. The number of nitrogens with zero attached hydrogens (tertiary/aromatic N) is 2. The number of methoxy groups -OCH3 is 1. The molecular formula is C19H22F2N2O3S. The Morgan fingerprint density at radius 1 is 0.963 bits per heavy atom. The first-order chi connectivity index (χ1) is 12.9. The summed E-state index contributed by atoms with van der Waals surface area (Å²) in [4.78, 5) is 1.98. The number of halogens is 2. The van der Waals surface area contributed by atoms with Crippen LogP contribution in [0.2, 0.25) is 0 Å². The fraction of sp³-hybridized carbons (Fsp3) is 0.368. The summed E-state index contributed by atoms with van der Waals surface area (Å²) in [6.07, 6.45) is 0.861. The first-order valence-corrected chi connectivity index (χ1v) is 10.1. The van der Waals surface area contributed by atoms with Gasteiger partial charge in [-0.2, -0.15) is 4.31 Å². The van der Waals surface area contributed by atoms with Crippen LogP contribution >= 0.6 is 0 Å². The van der Waals surface area contributed by atoms with Crippen molar-refractivity contribution < 1.29 is 21.9 Å². The molecule has 0 spiro atoms. The molecule has 8 heteroatoms. The average Bonchev–Trinajstić information content (AvgIpc) is 2.69. The minimum absolute atomic E-state index is 0.215. The molecule has 146 valence electrons. The molecule has 0 saturated carbocycles. The summed E-state index contributed by atoms with van der Waals surface area (Å²) in [5.41, 5.74) is 1.19. The van der Waals surface area contributed by atoms with Gasteiger partial charge in [-0.1, -0.05) is 12.1 Å². The van der Waals surface area contributed by atoms with E-state index in [0.717, 1.165) is 36.9 Å². The number of hydrogen-bond acceptors (Lipinski definition) is 4. The molecule has 27 heavy (non-hydrogen) atoms. The van der Waals surface area contributed by atoms with Gasteiger partial charge in [-0.3, -0.25) is 0 Å². The molecule has 0 N–H and O–H groups in total. The third-order valence-electron chi connectivity index (χ3n) is 4.74. The molecule has 0 radical (unpaired) electrons. The molecule has 0 unspecified atom stereocenters. The zero-order chi connectivity index (χ0) is 19.4. The van der Waals surface area contributed by atoms with Crippen LogP contribution in [0.3, 0.4) is 0 Å². The van der Waals surface area contributed by atoms with Crippen LogP contribution in [-0.2, 0) is 16.4 Å². The highest BCUT2D eigenvalue weighted by atomic mass is 32.2. The molecule has 3 rings (SSSR count). The topological polar surface area (TPSA) is 49.9 Å². The van der Waals surface area contributed by atoms with Crippen LogP contribution < -0.4 is 4.74 Å². The molecular weight excluding hydrogens is 374 g/mol. The van der Waals surface area contributed by atoms with Crippen molar-refractivity contribution >= 4 is 10.0 Å². The maximum atomic E-state index is 13.4. The zero-order valence-electron chi connectivity index (χ0n) is 15.1. The van der Waals surface area contributed by atoms with Gasteiger partial charge in [0.2, 0.25) is 10.0 Å². The lowest BCUT2D eigenvalue weighted by molar-refractivity contribution is 0.190. The van der Waals surface area contributed by atoms with Crippen molar-refractivity contribution in [2.45, 2.75) is 11.3 Å². The first kappa shape index (κ1) is 19.7. The normalized spacial score (nSPS) is 16.4. The highest BCUT2D eigenvalue weighted by Gasteiger charge is 2.29. The van der Waals surface area contributed by atoms with Crippen LogP contribution in [0, 0.1) is 11.6 Å². The van der Waals surface area contributed by atoms with Crippen LogP contribution in [0.5, 0.6) is 5.75 Å². The number of benzene rings is 2. The van der Waals surface area contributed by atoms with Gasteiger partial charge in [0.05, 0.1) is 12.0 Å². The molecule has 2 aromatic carbocycles. The SMILES string of the molecule is COc1ccc(CCN2CCN(S(=O)(=O)c3ccc(F)c(F)c3)CC2)cc1. The molecule has 1 aliphatic rings. The van der Waals surface area contributed by atoms with E-state index in [2.05, 4.69) is 4.90 Å². The first-order valence-electron chi connectivity index (χ1n) is 8.70. The van der Waals surface area contributed by atoms with Gasteiger partial charge in [0.25, 0.3) is 0 Å². The Balaban J connectivity index is 1.55. The molecule has 0 bridgehead atoms. The van der Waals surface area contributed by atoms with Crippen LogP contribution in [0.15, 0.2) is 47.4 Å². The van der Waals surface area contributed by atoms with E-state index < -0.39 is 21.7 Å². The second-order valence-corrected chi connectivity index (χ2v) is 8.36. The van der Waals surface area contributed by atoms with Gasteiger partial charge in [0.15, 0.2) is 11.6 Å². The third-order valence-corrected chi connectivity index (χ3v) is 6.63. The predicted octanol–water partition coefficient (Wildman–Crippen LogP) is 2.52. The Hall–Kier alpha value is -2.03. The van der Waals surface area contributed by atoms with E-state index in [-0.39, 0.29) is 4.90 Å². The van der Waals surface area contributed by atoms with E-state index in [9.17, 15) is 17.2 Å². The second-order valence-electron chi connectivity index (χ2n) is 6.42. The fourth-order valence-electron chi connectivity index (χ4n) is 3.06.